The van der Waals surface area contributed by atoms with Crippen LogP contribution in [0.25, 0.3) is 0 Å². The monoisotopic (exact) mass is 392 g/mol. The molecule has 1 heterocycles. The first-order valence-corrected chi connectivity index (χ1v) is 7.66. The number of anilines is 1. The van der Waals surface area contributed by atoms with Crippen LogP contribution in [0, 0.1) is 10.1 Å². The van der Waals surface area contributed by atoms with E-state index in [0.717, 1.165) is 10.9 Å². The number of carbonyl (C=O) groups excluding carboxylic acids is 3. The maximum Gasteiger partial charge on any atom is 0.350 e. The second kappa shape index (κ2) is 8.62. The van der Waals surface area contributed by atoms with Gasteiger partial charge in [-0.15, -0.1) is 5.10 Å². The van der Waals surface area contributed by atoms with Gasteiger partial charge in [-0.1, -0.05) is 0 Å². The number of amides is 1. The molecule has 0 atom stereocenters. The molecule has 148 valence electrons. The number of nitro groups is 1. The van der Waals surface area contributed by atoms with Gasteiger partial charge >= 0.3 is 23.5 Å². The Bertz CT molecular complexity index is 902. The summed E-state index contributed by atoms with van der Waals surface area (Å²) < 4.78 is 15.0. The molecular weight excluding hydrogens is 376 g/mol. The molecule has 2 rings (SSSR count). The normalized spacial score (nSPS) is 10.1. The Morgan fingerprint density at radius 3 is 2.11 bits per heavy atom. The third kappa shape index (κ3) is 4.60. The molecule has 12 nitrogen and oxygen atoms in total. The SMILES string of the molecule is COC(=O)c1cc(NC(=O)Cn2cc([N+](=O)[O-])c(OC)n2)cc(C(=O)OC)c1. The summed E-state index contributed by atoms with van der Waals surface area (Å²) in [6.07, 6.45) is 1.04. The summed E-state index contributed by atoms with van der Waals surface area (Å²) >= 11 is 0. The number of methoxy groups -OCH3 is 3. The predicted octanol–water partition coefficient (Wildman–Crippen LogP) is 1.01. The van der Waals surface area contributed by atoms with Crippen LogP contribution >= 0.6 is 0 Å². The number of esters is 2. The first kappa shape index (κ1) is 20.4. The van der Waals surface area contributed by atoms with Gasteiger partial charge in [0.25, 0.3) is 0 Å². The van der Waals surface area contributed by atoms with Crippen molar-refractivity contribution in [3.05, 3.63) is 45.6 Å². The maximum absolute atomic E-state index is 12.2. The molecule has 1 aromatic carbocycles. The highest BCUT2D eigenvalue weighted by Crippen LogP contribution is 2.24. The predicted molar refractivity (Wildman–Crippen MR) is 93.2 cm³/mol. The Labute approximate surface area is 158 Å². The Hall–Kier alpha value is -3.96. The van der Waals surface area contributed by atoms with Crippen molar-refractivity contribution in [2.75, 3.05) is 26.6 Å². The minimum atomic E-state index is -0.714. The van der Waals surface area contributed by atoms with Crippen LogP contribution in [0.15, 0.2) is 24.4 Å². The number of ether oxygens (including phenoxy) is 3. The lowest BCUT2D eigenvalue weighted by Gasteiger charge is -2.09. The van der Waals surface area contributed by atoms with Gasteiger partial charge in [0.15, 0.2) is 0 Å². The summed E-state index contributed by atoms with van der Waals surface area (Å²) in [5.74, 6) is -2.28. The van der Waals surface area contributed by atoms with E-state index in [2.05, 4.69) is 19.9 Å². The Morgan fingerprint density at radius 1 is 1.11 bits per heavy atom. The number of benzene rings is 1. The van der Waals surface area contributed by atoms with Crippen LogP contribution in [0.2, 0.25) is 0 Å². The average Bonchev–Trinajstić information content (AvgIpc) is 3.09. The van der Waals surface area contributed by atoms with E-state index in [1.807, 2.05) is 0 Å². The van der Waals surface area contributed by atoms with Crippen molar-refractivity contribution in [1.82, 2.24) is 9.78 Å². The molecule has 0 aliphatic rings. The number of rotatable bonds is 7. The van der Waals surface area contributed by atoms with Gasteiger partial charge in [-0.25, -0.2) is 9.59 Å². The van der Waals surface area contributed by atoms with E-state index >= 15 is 0 Å². The zero-order valence-electron chi connectivity index (χ0n) is 15.1. The van der Waals surface area contributed by atoms with Crippen LogP contribution in [-0.2, 0) is 20.8 Å². The van der Waals surface area contributed by atoms with Crippen molar-refractivity contribution in [3.63, 3.8) is 0 Å². The molecule has 0 aliphatic carbocycles. The third-order valence-corrected chi connectivity index (χ3v) is 3.46. The van der Waals surface area contributed by atoms with Crippen molar-refractivity contribution < 1.29 is 33.5 Å². The molecule has 0 fully saturated rings. The largest absolute Gasteiger partial charge is 0.475 e. The molecule has 0 bridgehead atoms. The maximum atomic E-state index is 12.2. The van der Waals surface area contributed by atoms with Crippen LogP contribution in [0.5, 0.6) is 5.88 Å². The summed E-state index contributed by atoms with van der Waals surface area (Å²) in [6.45, 7) is -0.375. The van der Waals surface area contributed by atoms with Gasteiger partial charge in [0.2, 0.25) is 5.91 Å². The smallest absolute Gasteiger partial charge is 0.350 e. The summed E-state index contributed by atoms with van der Waals surface area (Å²) in [5, 5.41) is 17.2. The summed E-state index contributed by atoms with van der Waals surface area (Å²) in [6, 6.07) is 3.87. The van der Waals surface area contributed by atoms with Gasteiger partial charge in [0.05, 0.1) is 37.4 Å². The molecule has 0 saturated carbocycles. The van der Waals surface area contributed by atoms with Crippen molar-refractivity contribution in [2.45, 2.75) is 6.54 Å². The molecular formula is C16H16N4O8. The van der Waals surface area contributed by atoms with Crippen molar-refractivity contribution >= 4 is 29.2 Å². The van der Waals surface area contributed by atoms with E-state index in [0.29, 0.717) is 0 Å². The number of aromatic nitrogens is 2. The molecule has 1 aromatic heterocycles. The molecule has 1 amide bonds. The van der Waals surface area contributed by atoms with E-state index in [9.17, 15) is 24.5 Å². The van der Waals surface area contributed by atoms with E-state index in [-0.39, 0.29) is 29.2 Å². The first-order chi connectivity index (χ1) is 13.3. The van der Waals surface area contributed by atoms with E-state index in [1.165, 1.54) is 39.5 Å². The number of hydrogen-bond acceptors (Lipinski definition) is 9. The topological polar surface area (TPSA) is 152 Å². The zero-order valence-corrected chi connectivity index (χ0v) is 15.1. The number of nitrogens with zero attached hydrogens (tertiary/aromatic N) is 3. The first-order valence-electron chi connectivity index (χ1n) is 7.66. The van der Waals surface area contributed by atoms with E-state index < -0.39 is 28.5 Å². The number of nitrogens with one attached hydrogen (secondary N) is 1. The quantitative estimate of drug-likeness (QED) is 0.413. The summed E-state index contributed by atoms with van der Waals surface area (Å²) in [4.78, 5) is 46.0. The zero-order chi connectivity index (χ0) is 20.8. The highest BCUT2D eigenvalue weighted by Gasteiger charge is 2.21. The van der Waals surface area contributed by atoms with Crippen molar-refractivity contribution in [1.29, 1.82) is 0 Å². The van der Waals surface area contributed by atoms with Gasteiger partial charge in [-0.2, -0.15) is 0 Å². The van der Waals surface area contributed by atoms with Crippen LogP contribution in [0.4, 0.5) is 11.4 Å². The molecule has 0 saturated heterocycles. The Balaban J connectivity index is 2.24. The van der Waals surface area contributed by atoms with E-state index in [1.54, 1.807) is 0 Å². The fourth-order valence-electron chi connectivity index (χ4n) is 2.26. The molecule has 0 radical (unpaired) electrons. The molecule has 28 heavy (non-hydrogen) atoms. The van der Waals surface area contributed by atoms with Gasteiger partial charge in [0.1, 0.15) is 12.7 Å². The van der Waals surface area contributed by atoms with E-state index in [4.69, 9.17) is 4.74 Å². The minimum absolute atomic E-state index is 0.0251. The van der Waals surface area contributed by atoms with Crippen molar-refractivity contribution in [3.8, 4) is 5.88 Å². The van der Waals surface area contributed by atoms with Crippen LogP contribution in [0.3, 0.4) is 0 Å². The summed E-state index contributed by atoms with van der Waals surface area (Å²) in [5.41, 5.74) is -0.216. The standard InChI is InChI=1S/C16H16N4O8/c1-26-14-12(20(24)25)7-19(18-14)8-13(21)17-11-5-9(15(22)27-2)4-10(6-11)16(23)28-3/h4-7H,8H2,1-3H3,(H,17,21). The Morgan fingerprint density at radius 2 is 1.68 bits per heavy atom. The third-order valence-electron chi connectivity index (χ3n) is 3.46. The molecule has 0 unspecified atom stereocenters. The highest BCUT2D eigenvalue weighted by atomic mass is 16.6. The second-order valence-corrected chi connectivity index (χ2v) is 5.31. The molecule has 0 aliphatic heterocycles. The van der Waals surface area contributed by atoms with Gasteiger partial charge in [0, 0.05) is 5.69 Å². The van der Waals surface area contributed by atoms with Crippen molar-refractivity contribution in [2.24, 2.45) is 0 Å². The number of carbonyl (C=O) groups is 3. The molecule has 12 heteroatoms. The lowest BCUT2D eigenvalue weighted by atomic mass is 10.1. The minimum Gasteiger partial charge on any atom is -0.475 e. The van der Waals surface area contributed by atoms with Gasteiger partial charge in [-0.05, 0) is 18.2 Å². The number of hydrogen-bond donors (Lipinski definition) is 1. The lowest BCUT2D eigenvalue weighted by Crippen LogP contribution is -2.20. The fourth-order valence-corrected chi connectivity index (χ4v) is 2.26. The van der Waals surface area contributed by atoms with Gasteiger partial charge in [-0.3, -0.25) is 19.6 Å². The summed E-state index contributed by atoms with van der Waals surface area (Å²) in [7, 11) is 3.55. The molecule has 1 N–H and O–H groups in total. The lowest BCUT2D eigenvalue weighted by molar-refractivity contribution is -0.385. The fraction of sp³-hybridized carbons (Fsp3) is 0.250. The van der Waals surface area contributed by atoms with Gasteiger partial charge < -0.3 is 19.5 Å². The van der Waals surface area contributed by atoms with Crippen LogP contribution in [0.1, 0.15) is 20.7 Å². The highest BCUT2D eigenvalue weighted by molar-refractivity contribution is 5.99. The second-order valence-electron chi connectivity index (χ2n) is 5.31. The average molecular weight is 392 g/mol. The molecule has 0 spiro atoms. The molecule has 2 aromatic rings. The van der Waals surface area contributed by atoms with Crippen LogP contribution < -0.4 is 10.1 Å². The van der Waals surface area contributed by atoms with Crippen LogP contribution in [-0.4, -0.2) is 53.9 Å². The Kier molecular flexibility index (Phi) is 6.26.